The highest BCUT2D eigenvalue weighted by Gasteiger charge is 2.57. The summed E-state index contributed by atoms with van der Waals surface area (Å²) in [4.78, 5) is 23.5. The summed E-state index contributed by atoms with van der Waals surface area (Å²) in [5.74, 6) is -0.359. The molecule has 0 amide bonds. The monoisotopic (exact) mass is 269 g/mol. The Kier molecular flexibility index (Phi) is 3.60. The van der Waals surface area contributed by atoms with E-state index in [-0.39, 0.29) is 19.1 Å². The highest BCUT2D eigenvalue weighted by atomic mass is 16.4. The second-order valence-corrected chi connectivity index (χ2v) is 6.72. The Labute approximate surface area is 113 Å². The van der Waals surface area contributed by atoms with E-state index in [4.69, 9.17) is 10.2 Å². The molecule has 0 aromatic heterocycles. The van der Waals surface area contributed by atoms with E-state index < -0.39 is 11.9 Å². The molecule has 0 saturated heterocycles. The fraction of sp³-hybridized carbons (Fsp3) is 0.857. The van der Waals surface area contributed by atoms with Crippen molar-refractivity contribution in [2.24, 2.45) is 23.2 Å². The van der Waals surface area contributed by atoms with Gasteiger partial charge in [-0.3, -0.25) is 14.5 Å². The van der Waals surface area contributed by atoms with Crippen LogP contribution >= 0.6 is 0 Å². The fourth-order valence-electron chi connectivity index (χ4n) is 4.24. The van der Waals surface area contributed by atoms with E-state index in [1.54, 1.807) is 4.90 Å². The number of aliphatic carboxylic acids is 2. The Bertz CT molecular complexity index is 377. The fourth-order valence-corrected chi connectivity index (χ4v) is 4.24. The van der Waals surface area contributed by atoms with E-state index in [2.05, 4.69) is 20.8 Å². The second-order valence-electron chi connectivity index (χ2n) is 6.72. The molecular weight excluding hydrogens is 246 g/mol. The maximum absolute atomic E-state index is 10.9. The van der Waals surface area contributed by atoms with Crippen LogP contribution in [0.15, 0.2) is 0 Å². The first-order valence-electron chi connectivity index (χ1n) is 6.91. The van der Waals surface area contributed by atoms with Gasteiger partial charge in [-0.2, -0.15) is 0 Å². The van der Waals surface area contributed by atoms with Crippen LogP contribution in [0.2, 0.25) is 0 Å². The number of carboxylic acid groups (broad SMARTS) is 2. The lowest BCUT2D eigenvalue weighted by Crippen LogP contribution is -2.61. The molecule has 108 valence electrons. The van der Waals surface area contributed by atoms with Gasteiger partial charge in [0.15, 0.2) is 0 Å². The molecule has 3 fully saturated rings. The molecule has 3 aliphatic carbocycles. The Morgan fingerprint density at radius 2 is 1.68 bits per heavy atom. The van der Waals surface area contributed by atoms with Crippen molar-refractivity contribution in [2.75, 3.05) is 13.1 Å². The molecule has 4 atom stereocenters. The van der Waals surface area contributed by atoms with Crippen LogP contribution in [0.1, 0.15) is 33.6 Å². The lowest BCUT2D eigenvalue weighted by Gasteiger charge is -2.63. The van der Waals surface area contributed by atoms with Crippen molar-refractivity contribution in [3.8, 4) is 0 Å². The SMILES string of the molecule is C[C@@H]1[C@@H](N(CC(=O)O)CC(=O)O)C[C@H]2C[C@@H]1C2(C)C. The van der Waals surface area contributed by atoms with Gasteiger partial charge in [-0.05, 0) is 36.0 Å². The smallest absolute Gasteiger partial charge is 0.317 e. The lowest BCUT2D eigenvalue weighted by molar-refractivity contribution is -0.157. The molecule has 3 rings (SSSR count). The van der Waals surface area contributed by atoms with Crippen molar-refractivity contribution in [1.29, 1.82) is 0 Å². The molecule has 0 aromatic rings. The molecule has 0 aliphatic heterocycles. The number of hydrogen-bond acceptors (Lipinski definition) is 3. The molecule has 2 bridgehead atoms. The van der Waals surface area contributed by atoms with Gasteiger partial charge >= 0.3 is 11.9 Å². The van der Waals surface area contributed by atoms with Crippen LogP contribution < -0.4 is 0 Å². The van der Waals surface area contributed by atoms with E-state index in [1.807, 2.05) is 0 Å². The Hall–Kier alpha value is -1.10. The third-order valence-electron chi connectivity index (χ3n) is 5.46. The number of hydrogen-bond donors (Lipinski definition) is 2. The third kappa shape index (κ3) is 2.48. The van der Waals surface area contributed by atoms with Crippen LogP contribution in [-0.2, 0) is 9.59 Å². The summed E-state index contributed by atoms with van der Waals surface area (Å²) in [6.07, 6.45) is 2.13. The summed E-state index contributed by atoms with van der Waals surface area (Å²) in [6.45, 7) is 6.33. The number of carboxylic acids is 2. The molecule has 0 radical (unpaired) electrons. The van der Waals surface area contributed by atoms with Crippen LogP contribution in [-0.4, -0.2) is 46.2 Å². The standard InChI is InChI=1S/C14H23NO4/c1-8-10-4-9(14(10,2)3)5-11(8)15(6-12(16)17)7-13(18)19/h8-11H,4-7H2,1-3H3,(H,16,17)(H,18,19)/t8-,9+,10-,11-/m0/s1. The summed E-state index contributed by atoms with van der Waals surface area (Å²) in [5.41, 5.74) is 0.327. The highest BCUT2D eigenvalue weighted by molar-refractivity contribution is 5.72. The van der Waals surface area contributed by atoms with Gasteiger partial charge < -0.3 is 10.2 Å². The van der Waals surface area contributed by atoms with Crippen molar-refractivity contribution in [2.45, 2.75) is 39.7 Å². The average molecular weight is 269 g/mol. The Balaban J connectivity index is 2.10. The zero-order valence-electron chi connectivity index (χ0n) is 11.8. The first-order valence-corrected chi connectivity index (χ1v) is 6.91. The van der Waals surface area contributed by atoms with Gasteiger partial charge in [-0.1, -0.05) is 20.8 Å². The van der Waals surface area contributed by atoms with Gasteiger partial charge in [0.2, 0.25) is 0 Å². The predicted octanol–water partition coefficient (Wildman–Crippen LogP) is 1.53. The minimum atomic E-state index is -0.952. The van der Waals surface area contributed by atoms with Gasteiger partial charge in [0.05, 0.1) is 13.1 Å². The average Bonchev–Trinajstić information content (AvgIpc) is 2.26. The quantitative estimate of drug-likeness (QED) is 0.791. The number of carbonyl (C=O) groups is 2. The maximum atomic E-state index is 10.9. The van der Waals surface area contributed by atoms with Crippen molar-refractivity contribution < 1.29 is 19.8 Å². The minimum Gasteiger partial charge on any atom is -0.480 e. The first kappa shape index (κ1) is 14.3. The molecule has 5 heteroatoms. The maximum Gasteiger partial charge on any atom is 0.317 e. The largest absolute Gasteiger partial charge is 0.480 e. The molecule has 0 aromatic carbocycles. The second kappa shape index (κ2) is 4.78. The van der Waals surface area contributed by atoms with Gasteiger partial charge in [-0.25, -0.2) is 0 Å². The summed E-state index contributed by atoms with van der Waals surface area (Å²) in [5, 5.41) is 17.9. The van der Waals surface area contributed by atoms with Crippen LogP contribution in [0.5, 0.6) is 0 Å². The van der Waals surface area contributed by atoms with Gasteiger partial charge in [0.25, 0.3) is 0 Å². The molecule has 3 saturated carbocycles. The molecule has 5 nitrogen and oxygen atoms in total. The predicted molar refractivity (Wildman–Crippen MR) is 69.8 cm³/mol. The van der Waals surface area contributed by atoms with Crippen molar-refractivity contribution in [3.63, 3.8) is 0 Å². The van der Waals surface area contributed by atoms with Gasteiger partial charge in [-0.15, -0.1) is 0 Å². The zero-order chi connectivity index (χ0) is 14.4. The van der Waals surface area contributed by atoms with Crippen LogP contribution in [0.25, 0.3) is 0 Å². The van der Waals surface area contributed by atoms with E-state index >= 15 is 0 Å². The molecule has 0 unspecified atom stereocenters. The molecule has 0 spiro atoms. The zero-order valence-corrected chi connectivity index (χ0v) is 11.8. The lowest BCUT2D eigenvalue weighted by atomic mass is 9.44. The summed E-state index contributed by atoms with van der Waals surface area (Å²) in [7, 11) is 0. The molecule has 0 heterocycles. The number of nitrogens with zero attached hydrogens (tertiary/aromatic N) is 1. The van der Waals surface area contributed by atoms with Crippen LogP contribution in [0.4, 0.5) is 0 Å². The third-order valence-corrected chi connectivity index (χ3v) is 5.46. The van der Waals surface area contributed by atoms with Crippen LogP contribution in [0.3, 0.4) is 0 Å². The highest BCUT2D eigenvalue weighted by Crippen LogP contribution is 2.61. The first-order chi connectivity index (χ1) is 8.73. The topological polar surface area (TPSA) is 77.8 Å². The van der Waals surface area contributed by atoms with Gasteiger partial charge in [0.1, 0.15) is 0 Å². The van der Waals surface area contributed by atoms with Crippen molar-refractivity contribution in [1.82, 2.24) is 4.90 Å². The number of fused-ring (bicyclic) bond motifs is 2. The van der Waals surface area contributed by atoms with E-state index in [0.29, 0.717) is 23.2 Å². The summed E-state index contributed by atoms with van der Waals surface area (Å²) in [6, 6.07) is 0.0870. The van der Waals surface area contributed by atoms with Gasteiger partial charge in [0, 0.05) is 6.04 Å². The van der Waals surface area contributed by atoms with E-state index in [1.165, 1.54) is 6.42 Å². The minimum absolute atomic E-state index is 0.0870. The summed E-state index contributed by atoms with van der Waals surface area (Å²) < 4.78 is 0. The number of rotatable bonds is 5. The molecule has 3 aliphatic rings. The normalized spacial score (nSPS) is 35.8. The van der Waals surface area contributed by atoms with Crippen molar-refractivity contribution >= 4 is 11.9 Å². The van der Waals surface area contributed by atoms with Crippen LogP contribution in [0, 0.1) is 23.2 Å². The summed E-state index contributed by atoms with van der Waals surface area (Å²) >= 11 is 0. The molecule has 19 heavy (non-hydrogen) atoms. The molecular formula is C14H23NO4. The Morgan fingerprint density at radius 3 is 2.05 bits per heavy atom. The van der Waals surface area contributed by atoms with E-state index in [9.17, 15) is 9.59 Å². The van der Waals surface area contributed by atoms with Crippen molar-refractivity contribution in [3.05, 3.63) is 0 Å². The van der Waals surface area contributed by atoms with E-state index in [0.717, 1.165) is 6.42 Å². The Morgan fingerprint density at radius 1 is 1.16 bits per heavy atom. The molecule has 2 N–H and O–H groups in total.